The van der Waals surface area contributed by atoms with E-state index in [0.717, 1.165) is 0 Å². The molecular weight excluding hydrogens is 225 g/mol. The van der Waals surface area contributed by atoms with Crippen LogP contribution in [0.1, 0.15) is 0 Å². The van der Waals surface area contributed by atoms with Crippen molar-refractivity contribution >= 4 is 21.5 Å². The van der Waals surface area contributed by atoms with Crippen LogP contribution >= 0.6 is 0 Å². The van der Waals surface area contributed by atoms with E-state index >= 15 is 0 Å². The Balaban J connectivity index is 2.61. The summed E-state index contributed by atoms with van der Waals surface area (Å²) in [5, 5.41) is 1.22. The zero-order valence-corrected chi connectivity index (χ0v) is 8.52. The average Bonchev–Trinajstić information content (AvgIpc) is 2.33. The van der Waals surface area contributed by atoms with Gasteiger partial charge in [0.05, 0.1) is 0 Å². The predicted octanol–water partition coefficient (Wildman–Crippen LogP) is 4.01. The monoisotopic (exact) mass is 230 g/mol. The van der Waals surface area contributed by atoms with E-state index in [2.05, 4.69) is 12.1 Å². The summed E-state index contributed by atoms with van der Waals surface area (Å²) in [6.45, 7) is 0. The summed E-state index contributed by atoms with van der Waals surface area (Å²) in [7, 11) is 0. The molecule has 17 heavy (non-hydrogen) atoms. The Morgan fingerprint density at radius 2 is 1.71 bits per heavy atom. The Labute approximate surface area is 95.3 Å². The number of hydrogen-bond donors (Lipinski definition) is 0. The number of fused-ring (bicyclic) bond motifs is 3. The first kappa shape index (κ1) is 10.1. The molecule has 0 aliphatic heterocycles. The van der Waals surface area contributed by atoms with Crippen molar-refractivity contribution < 1.29 is 13.2 Å². The van der Waals surface area contributed by atoms with Gasteiger partial charge < -0.3 is 0 Å². The molecule has 0 fully saturated rings. The van der Waals surface area contributed by atoms with Gasteiger partial charge in [0, 0.05) is 16.8 Å². The van der Waals surface area contributed by atoms with Gasteiger partial charge in [0.25, 0.3) is 0 Å². The first-order valence-corrected chi connectivity index (χ1v) is 4.96. The summed E-state index contributed by atoms with van der Waals surface area (Å²) in [5.74, 6) is -2.57. The molecule has 3 aromatic rings. The van der Waals surface area contributed by atoms with Gasteiger partial charge in [-0.15, -0.1) is 0 Å². The minimum Gasteiger partial charge on any atom is -0.206 e. The van der Waals surface area contributed by atoms with E-state index in [1.165, 1.54) is 18.2 Å². The van der Waals surface area contributed by atoms with Crippen LogP contribution in [0.3, 0.4) is 0 Å². The van der Waals surface area contributed by atoms with Gasteiger partial charge in [-0.05, 0) is 35.0 Å². The topological polar surface area (TPSA) is 0 Å². The first-order valence-electron chi connectivity index (χ1n) is 4.96. The van der Waals surface area contributed by atoms with Crippen molar-refractivity contribution in [3.05, 3.63) is 59.9 Å². The summed E-state index contributed by atoms with van der Waals surface area (Å²) in [6.07, 6.45) is 0. The number of rotatable bonds is 0. The van der Waals surface area contributed by atoms with E-state index in [0.29, 0.717) is 10.8 Å². The molecule has 0 saturated carbocycles. The fourth-order valence-corrected chi connectivity index (χ4v) is 1.96. The van der Waals surface area contributed by atoms with Crippen LogP contribution < -0.4 is 0 Å². The summed E-state index contributed by atoms with van der Waals surface area (Å²) >= 11 is 0. The zero-order chi connectivity index (χ0) is 12.0. The second kappa shape index (κ2) is 3.48. The van der Waals surface area contributed by atoms with Gasteiger partial charge in [0.15, 0.2) is 11.6 Å². The van der Waals surface area contributed by atoms with Gasteiger partial charge in [-0.3, -0.25) is 0 Å². The minimum absolute atomic E-state index is 0.0545. The quantitative estimate of drug-likeness (QED) is 0.512. The highest BCUT2D eigenvalue weighted by Gasteiger charge is 2.11. The van der Waals surface area contributed by atoms with Crippen molar-refractivity contribution in [2.45, 2.75) is 0 Å². The van der Waals surface area contributed by atoms with Gasteiger partial charge in [0.1, 0.15) is 5.82 Å². The predicted molar refractivity (Wildman–Crippen MR) is 59.0 cm³/mol. The van der Waals surface area contributed by atoms with Crippen LogP contribution in [0.25, 0.3) is 21.5 Å². The Morgan fingerprint density at radius 3 is 2.53 bits per heavy atom. The summed E-state index contributed by atoms with van der Waals surface area (Å²) in [4.78, 5) is 0. The van der Waals surface area contributed by atoms with E-state index in [4.69, 9.17) is 0 Å². The summed E-state index contributed by atoms with van der Waals surface area (Å²) in [6, 6.07) is 11.8. The molecule has 3 heteroatoms. The fourth-order valence-electron chi connectivity index (χ4n) is 1.96. The largest absolute Gasteiger partial charge is 0.206 e. The maximum absolute atomic E-state index is 13.7. The molecule has 0 spiro atoms. The molecule has 0 unspecified atom stereocenters. The molecule has 0 heterocycles. The Hall–Kier alpha value is -2.03. The van der Waals surface area contributed by atoms with E-state index in [1.54, 1.807) is 12.1 Å². The van der Waals surface area contributed by atoms with Crippen molar-refractivity contribution in [1.82, 2.24) is 0 Å². The van der Waals surface area contributed by atoms with Crippen LogP contribution in [0, 0.1) is 29.6 Å². The summed E-state index contributed by atoms with van der Waals surface area (Å²) < 4.78 is 40.2. The third-order valence-corrected chi connectivity index (χ3v) is 2.74. The van der Waals surface area contributed by atoms with Gasteiger partial charge >= 0.3 is 0 Å². The average molecular weight is 230 g/mol. The fraction of sp³-hybridized carbons (Fsp3) is 0. The normalized spacial score (nSPS) is 11.2. The lowest BCUT2D eigenvalue weighted by Gasteiger charge is -2.05. The van der Waals surface area contributed by atoms with E-state index in [1.807, 2.05) is 0 Å². The molecule has 3 aromatic carbocycles. The summed E-state index contributed by atoms with van der Waals surface area (Å²) in [5.41, 5.74) is 0. The molecule has 0 aliphatic rings. The highest BCUT2D eigenvalue weighted by atomic mass is 19.2. The SMILES string of the molecule is Fc1[c]cc2c(ccc3c[c]cc(F)c32)c1F. The highest BCUT2D eigenvalue weighted by Crippen LogP contribution is 2.29. The molecule has 0 nitrogen and oxygen atoms in total. The Morgan fingerprint density at radius 1 is 0.882 bits per heavy atom. The standard InChI is InChI=1S/C14H5F3/c15-11-3-1-2-8-4-5-10-9(13(8)11)6-7-12(16)14(10)17/h2-6H. The third kappa shape index (κ3) is 1.39. The second-order valence-electron chi connectivity index (χ2n) is 3.71. The lowest BCUT2D eigenvalue weighted by atomic mass is 10.0. The highest BCUT2D eigenvalue weighted by molar-refractivity contribution is 6.07. The van der Waals surface area contributed by atoms with Crippen LogP contribution in [-0.2, 0) is 0 Å². The number of hydrogen-bond acceptors (Lipinski definition) is 0. The lowest BCUT2D eigenvalue weighted by molar-refractivity contribution is 0.515. The van der Waals surface area contributed by atoms with E-state index < -0.39 is 17.5 Å². The molecule has 0 aromatic heterocycles. The van der Waals surface area contributed by atoms with Gasteiger partial charge in [-0.1, -0.05) is 12.1 Å². The maximum Gasteiger partial charge on any atom is 0.167 e. The molecule has 0 aliphatic carbocycles. The zero-order valence-electron chi connectivity index (χ0n) is 8.52. The van der Waals surface area contributed by atoms with Gasteiger partial charge in [0.2, 0.25) is 0 Å². The van der Waals surface area contributed by atoms with E-state index in [9.17, 15) is 13.2 Å². The Bertz CT molecular complexity index is 732. The van der Waals surface area contributed by atoms with Crippen LogP contribution in [-0.4, -0.2) is 0 Å². The number of benzene rings is 3. The van der Waals surface area contributed by atoms with Crippen molar-refractivity contribution in [1.29, 1.82) is 0 Å². The molecule has 0 atom stereocenters. The lowest BCUT2D eigenvalue weighted by Crippen LogP contribution is -1.89. The third-order valence-electron chi connectivity index (χ3n) is 2.74. The molecule has 82 valence electrons. The maximum atomic E-state index is 13.7. The molecule has 0 bridgehead atoms. The molecule has 0 saturated heterocycles. The molecule has 2 radical (unpaired) electrons. The minimum atomic E-state index is -1.06. The van der Waals surface area contributed by atoms with Crippen LogP contribution in [0.5, 0.6) is 0 Å². The van der Waals surface area contributed by atoms with Crippen molar-refractivity contribution in [2.75, 3.05) is 0 Å². The second-order valence-corrected chi connectivity index (χ2v) is 3.71. The van der Waals surface area contributed by atoms with E-state index in [-0.39, 0.29) is 10.8 Å². The van der Waals surface area contributed by atoms with Crippen molar-refractivity contribution in [3.8, 4) is 0 Å². The molecule has 3 rings (SSSR count). The van der Waals surface area contributed by atoms with Crippen molar-refractivity contribution in [3.63, 3.8) is 0 Å². The van der Waals surface area contributed by atoms with Gasteiger partial charge in [-0.25, -0.2) is 13.2 Å². The number of halogens is 3. The van der Waals surface area contributed by atoms with Crippen molar-refractivity contribution in [2.24, 2.45) is 0 Å². The first-order chi connectivity index (χ1) is 8.18. The molecular formula is C14H5F3. The molecule has 0 N–H and O–H groups in total. The van der Waals surface area contributed by atoms with Crippen LogP contribution in [0.15, 0.2) is 30.3 Å². The smallest absolute Gasteiger partial charge is 0.167 e. The van der Waals surface area contributed by atoms with Crippen LogP contribution in [0.2, 0.25) is 0 Å². The van der Waals surface area contributed by atoms with Gasteiger partial charge in [-0.2, -0.15) is 0 Å². The molecule has 0 amide bonds. The Kier molecular flexibility index (Phi) is 2.08. The van der Waals surface area contributed by atoms with Crippen LogP contribution in [0.4, 0.5) is 13.2 Å².